The molecule has 1 aliphatic carbocycles. The molecular formula is C28H29N3O2. The van der Waals surface area contributed by atoms with Gasteiger partial charge in [-0.1, -0.05) is 37.3 Å². The van der Waals surface area contributed by atoms with Gasteiger partial charge in [0.1, 0.15) is 5.82 Å². The molecule has 4 aromatic rings. The molecule has 0 bridgehead atoms. The largest absolute Gasteiger partial charge is 0.481 e. The van der Waals surface area contributed by atoms with Gasteiger partial charge in [0.2, 0.25) is 0 Å². The van der Waals surface area contributed by atoms with E-state index in [4.69, 9.17) is 15.1 Å². The summed E-state index contributed by atoms with van der Waals surface area (Å²) in [5.74, 6) is 1.03. The third-order valence-corrected chi connectivity index (χ3v) is 6.98. The molecule has 2 aromatic heterocycles. The topological polar surface area (TPSA) is 78.9 Å². The maximum Gasteiger partial charge on any atom is 0.303 e. The standard InChI is InChI=1S/C28H29N3O2/c1-2-18-5-13-25-26(15-18)31-28(30-25)23-12-14-24(29-17-23)22-10-8-21(9-11-22)20-6-3-19(4-7-20)16-27(32)33/h5,8-15,17,19-20H,2-4,6-7,16H2,1H3,(H,30,31)(H,32,33). The van der Waals surface area contributed by atoms with Gasteiger partial charge in [-0.05, 0) is 79.3 Å². The van der Waals surface area contributed by atoms with Gasteiger partial charge in [0.05, 0.1) is 16.7 Å². The minimum absolute atomic E-state index is 0.307. The summed E-state index contributed by atoms with van der Waals surface area (Å²) >= 11 is 0. The number of hydrogen-bond acceptors (Lipinski definition) is 3. The lowest BCUT2D eigenvalue weighted by molar-refractivity contribution is -0.138. The van der Waals surface area contributed by atoms with Crippen LogP contribution in [0.1, 0.15) is 56.1 Å². The van der Waals surface area contributed by atoms with E-state index in [0.717, 1.165) is 65.8 Å². The van der Waals surface area contributed by atoms with Crippen molar-refractivity contribution in [3.8, 4) is 22.6 Å². The Labute approximate surface area is 193 Å². The Morgan fingerprint density at radius 2 is 1.76 bits per heavy atom. The van der Waals surface area contributed by atoms with Gasteiger partial charge in [0, 0.05) is 23.7 Å². The van der Waals surface area contributed by atoms with Crippen LogP contribution in [-0.4, -0.2) is 26.0 Å². The van der Waals surface area contributed by atoms with E-state index in [1.807, 2.05) is 12.3 Å². The van der Waals surface area contributed by atoms with Gasteiger partial charge in [0.25, 0.3) is 0 Å². The maximum atomic E-state index is 10.9. The molecule has 0 unspecified atom stereocenters. The van der Waals surface area contributed by atoms with Crippen molar-refractivity contribution in [2.75, 3.05) is 0 Å². The van der Waals surface area contributed by atoms with Crippen LogP contribution < -0.4 is 0 Å². The summed E-state index contributed by atoms with van der Waals surface area (Å²) in [5, 5.41) is 9.01. The average Bonchev–Trinajstić information content (AvgIpc) is 3.28. The van der Waals surface area contributed by atoms with E-state index in [2.05, 4.69) is 60.4 Å². The van der Waals surface area contributed by atoms with Gasteiger partial charge < -0.3 is 10.1 Å². The molecule has 0 amide bonds. The molecule has 0 radical (unpaired) electrons. The number of imidazole rings is 1. The van der Waals surface area contributed by atoms with E-state index in [1.165, 1.54) is 11.1 Å². The Hall–Kier alpha value is -3.47. The van der Waals surface area contributed by atoms with Crippen molar-refractivity contribution in [3.05, 3.63) is 71.9 Å². The number of benzene rings is 2. The van der Waals surface area contributed by atoms with Crippen molar-refractivity contribution in [2.45, 2.75) is 51.4 Å². The second-order valence-electron chi connectivity index (χ2n) is 9.16. The summed E-state index contributed by atoms with van der Waals surface area (Å²) in [7, 11) is 0. The summed E-state index contributed by atoms with van der Waals surface area (Å²) in [4.78, 5) is 23.8. The number of rotatable bonds is 6. The number of fused-ring (bicyclic) bond motifs is 1. The number of aromatic amines is 1. The fourth-order valence-electron chi connectivity index (χ4n) is 4.99. The molecular weight excluding hydrogens is 410 g/mol. The van der Waals surface area contributed by atoms with Crippen molar-refractivity contribution in [1.82, 2.24) is 15.0 Å². The molecule has 2 heterocycles. The number of H-pyrrole nitrogens is 1. The molecule has 2 N–H and O–H groups in total. The normalized spacial score (nSPS) is 18.5. The summed E-state index contributed by atoms with van der Waals surface area (Å²) in [6.07, 6.45) is 7.33. The van der Waals surface area contributed by atoms with Crippen LogP contribution in [-0.2, 0) is 11.2 Å². The number of aromatic nitrogens is 3. The quantitative estimate of drug-likeness (QED) is 0.355. The van der Waals surface area contributed by atoms with Crippen LogP contribution >= 0.6 is 0 Å². The van der Waals surface area contributed by atoms with Crippen molar-refractivity contribution in [3.63, 3.8) is 0 Å². The van der Waals surface area contributed by atoms with Crippen LogP contribution in [0.25, 0.3) is 33.7 Å². The lowest BCUT2D eigenvalue weighted by Gasteiger charge is -2.28. The fraction of sp³-hybridized carbons (Fsp3) is 0.321. The second kappa shape index (κ2) is 9.18. The second-order valence-corrected chi connectivity index (χ2v) is 9.16. The Bertz CT molecular complexity index is 1250. The highest BCUT2D eigenvalue weighted by molar-refractivity contribution is 5.80. The van der Waals surface area contributed by atoms with E-state index in [-0.39, 0.29) is 0 Å². The van der Waals surface area contributed by atoms with E-state index in [9.17, 15) is 4.79 Å². The van der Waals surface area contributed by atoms with Crippen LogP contribution in [0.5, 0.6) is 0 Å². The zero-order chi connectivity index (χ0) is 22.8. The summed E-state index contributed by atoms with van der Waals surface area (Å²) in [5.41, 5.74) is 7.67. The molecule has 1 aliphatic rings. The highest BCUT2D eigenvalue weighted by atomic mass is 16.4. The third-order valence-electron chi connectivity index (χ3n) is 6.98. The first-order valence-corrected chi connectivity index (χ1v) is 11.9. The van der Waals surface area contributed by atoms with Gasteiger partial charge in [0.15, 0.2) is 0 Å². The molecule has 1 fully saturated rings. The average molecular weight is 440 g/mol. The van der Waals surface area contributed by atoms with E-state index < -0.39 is 5.97 Å². The van der Waals surface area contributed by atoms with Crippen LogP contribution in [0.15, 0.2) is 60.8 Å². The number of aryl methyl sites for hydroxylation is 1. The SMILES string of the molecule is CCc1ccc2[nH]c(-c3ccc(-c4ccc(C5CCC(CC(=O)O)CC5)cc4)nc3)nc2c1. The van der Waals surface area contributed by atoms with E-state index in [1.54, 1.807) is 0 Å². The number of nitrogens with zero attached hydrogens (tertiary/aromatic N) is 2. The highest BCUT2D eigenvalue weighted by Gasteiger charge is 2.24. The predicted octanol–water partition coefficient (Wildman–Crippen LogP) is 6.60. The number of pyridine rings is 1. The summed E-state index contributed by atoms with van der Waals surface area (Å²) in [6.45, 7) is 2.15. The molecule has 168 valence electrons. The lowest BCUT2D eigenvalue weighted by atomic mass is 9.77. The smallest absolute Gasteiger partial charge is 0.303 e. The number of aliphatic carboxylic acids is 1. The van der Waals surface area contributed by atoms with Gasteiger partial charge in [-0.2, -0.15) is 0 Å². The first-order chi connectivity index (χ1) is 16.1. The fourth-order valence-corrected chi connectivity index (χ4v) is 4.99. The number of nitrogens with one attached hydrogen (secondary N) is 1. The Kier molecular flexibility index (Phi) is 5.95. The molecule has 33 heavy (non-hydrogen) atoms. The van der Waals surface area contributed by atoms with Gasteiger partial charge in [-0.3, -0.25) is 9.78 Å². The molecule has 5 nitrogen and oxygen atoms in total. The molecule has 2 aromatic carbocycles. The van der Waals surface area contributed by atoms with E-state index >= 15 is 0 Å². The van der Waals surface area contributed by atoms with Gasteiger partial charge >= 0.3 is 5.97 Å². The van der Waals surface area contributed by atoms with Crippen LogP contribution in [0, 0.1) is 5.92 Å². The minimum Gasteiger partial charge on any atom is -0.481 e. The molecule has 0 aliphatic heterocycles. The number of hydrogen-bond donors (Lipinski definition) is 2. The molecule has 1 saturated carbocycles. The molecule has 0 spiro atoms. The first-order valence-electron chi connectivity index (χ1n) is 11.9. The van der Waals surface area contributed by atoms with Crippen LogP contribution in [0.3, 0.4) is 0 Å². The van der Waals surface area contributed by atoms with Crippen molar-refractivity contribution < 1.29 is 9.90 Å². The van der Waals surface area contributed by atoms with Crippen molar-refractivity contribution >= 4 is 17.0 Å². The molecule has 0 atom stereocenters. The van der Waals surface area contributed by atoms with Gasteiger partial charge in [-0.25, -0.2) is 4.98 Å². The zero-order valence-corrected chi connectivity index (χ0v) is 18.9. The highest BCUT2D eigenvalue weighted by Crippen LogP contribution is 2.37. The van der Waals surface area contributed by atoms with Crippen molar-refractivity contribution in [1.29, 1.82) is 0 Å². The first kappa shape index (κ1) is 21.4. The number of carbonyl (C=O) groups is 1. The van der Waals surface area contributed by atoms with Crippen molar-refractivity contribution in [2.24, 2.45) is 5.92 Å². The Balaban J connectivity index is 1.27. The zero-order valence-electron chi connectivity index (χ0n) is 18.9. The van der Waals surface area contributed by atoms with Gasteiger partial charge in [-0.15, -0.1) is 0 Å². The maximum absolute atomic E-state index is 10.9. The van der Waals surface area contributed by atoms with E-state index in [0.29, 0.717) is 18.3 Å². The monoisotopic (exact) mass is 439 g/mol. The third kappa shape index (κ3) is 4.68. The summed E-state index contributed by atoms with van der Waals surface area (Å²) in [6, 6.07) is 19.2. The predicted molar refractivity (Wildman–Crippen MR) is 131 cm³/mol. The number of carboxylic acid groups (broad SMARTS) is 1. The lowest BCUT2D eigenvalue weighted by Crippen LogP contribution is -2.16. The van der Waals surface area contributed by atoms with Crippen LogP contribution in [0.2, 0.25) is 0 Å². The molecule has 5 heteroatoms. The van der Waals surface area contributed by atoms with Crippen LogP contribution in [0.4, 0.5) is 0 Å². The molecule has 0 saturated heterocycles. The Morgan fingerprint density at radius 1 is 1.00 bits per heavy atom. The minimum atomic E-state index is -0.674. The molecule has 5 rings (SSSR count). The summed E-state index contributed by atoms with van der Waals surface area (Å²) < 4.78 is 0. The number of carboxylic acids is 1. The Morgan fingerprint density at radius 3 is 2.42 bits per heavy atom.